The molecule has 6 heteroatoms. The molecule has 2 heterocycles. The molecule has 0 aliphatic carbocycles. The highest BCUT2D eigenvalue weighted by Gasteiger charge is 2.09. The zero-order valence-corrected chi connectivity index (χ0v) is 9.51. The Kier molecular flexibility index (Phi) is 3.03. The third-order valence-electron chi connectivity index (χ3n) is 2.34. The lowest BCUT2D eigenvalue weighted by Gasteiger charge is -2.11. The maximum Gasteiger partial charge on any atom is 0.333 e. The summed E-state index contributed by atoms with van der Waals surface area (Å²) in [6.07, 6.45) is 4.38. The van der Waals surface area contributed by atoms with Crippen LogP contribution < -0.4 is 4.90 Å². The molecule has 0 saturated carbocycles. The first-order valence-electron chi connectivity index (χ1n) is 5.04. The van der Waals surface area contributed by atoms with Crippen LogP contribution in [0, 0.1) is 0 Å². The summed E-state index contributed by atoms with van der Waals surface area (Å²) < 4.78 is 25.4. The molecule has 0 bridgehead atoms. The molecule has 2 aromatic rings. The van der Waals surface area contributed by atoms with Crippen LogP contribution in [0.5, 0.6) is 0 Å². The van der Waals surface area contributed by atoms with Gasteiger partial charge in [0.1, 0.15) is 5.82 Å². The zero-order valence-electron chi connectivity index (χ0n) is 9.51. The fourth-order valence-electron chi connectivity index (χ4n) is 1.44. The standard InChI is InChI=1S/C11H12F2N4/c1-16(2)10-5-8(3-4-14-10)9-6-15-17(7-9)11(12)13/h3-7,11H,1-2H3. The van der Waals surface area contributed by atoms with E-state index in [2.05, 4.69) is 10.1 Å². The van der Waals surface area contributed by atoms with Crippen molar-refractivity contribution in [2.24, 2.45) is 0 Å². The molecule has 2 aromatic heterocycles. The van der Waals surface area contributed by atoms with Gasteiger partial charge in [-0.3, -0.25) is 0 Å². The zero-order chi connectivity index (χ0) is 12.4. The predicted molar refractivity (Wildman–Crippen MR) is 61.0 cm³/mol. The second-order valence-corrected chi connectivity index (χ2v) is 3.78. The van der Waals surface area contributed by atoms with Crippen LogP contribution in [0.25, 0.3) is 11.1 Å². The Labute approximate surface area is 97.5 Å². The Morgan fingerprint density at radius 3 is 2.65 bits per heavy atom. The first kappa shape index (κ1) is 11.5. The average molecular weight is 238 g/mol. The molecule has 4 nitrogen and oxygen atoms in total. The highest BCUT2D eigenvalue weighted by atomic mass is 19.3. The summed E-state index contributed by atoms with van der Waals surface area (Å²) in [4.78, 5) is 6.01. The SMILES string of the molecule is CN(C)c1cc(-c2cnn(C(F)F)c2)ccn1. The van der Waals surface area contributed by atoms with Crippen molar-refractivity contribution in [1.29, 1.82) is 0 Å². The van der Waals surface area contributed by atoms with Gasteiger partial charge in [-0.05, 0) is 17.7 Å². The summed E-state index contributed by atoms with van der Waals surface area (Å²) in [5.41, 5.74) is 1.46. The van der Waals surface area contributed by atoms with Gasteiger partial charge in [-0.1, -0.05) is 0 Å². The third-order valence-corrected chi connectivity index (χ3v) is 2.34. The van der Waals surface area contributed by atoms with Gasteiger partial charge in [-0.2, -0.15) is 13.9 Å². The van der Waals surface area contributed by atoms with Crippen LogP contribution in [0.4, 0.5) is 14.6 Å². The topological polar surface area (TPSA) is 34.0 Å². The van der Waals surface area contributed by atoms with Gasteiger partial charge in [-0.15, -0.1) is 0 Å². The quantitative estimate of drug-likeness (QED) is 0.823. The lowest BCUT2D eigenvalue weighted by Crippen LogP contribution is -2.10. The van der Waals surface area contributed by atoms with E-state index in [1.807, 2.05) is 25.1 Å². The monoisotopic (exact) mass is 238 g/mol. The van der Waals surface area contributed by atoms with E-state index in [0.717, 1.165) is 11.4 Å². The van der Waals surface area contributed by atoms with Gasteiger partial charge in [0, 0.05) is 32.1 Å². The molecule has 0 fully saturated rings. The average Bonchev–Trinajstić information content (AvgIpc) is 2.78. The summed E-state index contributed by atoms with van der Waals surface area (Å²) in [7, 11) is 3.74. The first-order valence-corrected chi connectivity index (χ1v) is 5.04. The Morgan fingerprint density at radius 1 is 1.29 bits per heavy atom. The minimum atomic E-state index is -2.61. The van der Waals surface area contributed by atoms with E-state index in [-0.39, 0.29) is 0 Å². The maximum atomic E-state index is 12.4. The van der Waals surface area contributed by atoms with Crippen molar-refractivity contribution >= 4 is 5.82 Å². The van der Waals surface area contributed by atoms with Crippen LogP contribution in [-0.4, -0.2) is 28.9 Å². The Balaban J connectivity index is 2.35. The van der Waals surface area contributed by atoms with Gasteiger partial charge in [0.05, 0.1) is 6.20 Å². The van der Waals surface area contributed by atoms with Gasteiger partial charge in [0.2, 0.25) is 0 Å². The van der Waals surface area contributed by atoms with Crippen molar-refractivity contribution in [3.05, 3.63) is 30.7 Å². The third kappa shape index (κ3) is 2.41. The molecule has 0 radical (unpaired) electrons. The molecule has 0 N–H and O–H groups in total. The van der Waals surface area contributed by atoms with Crippen LogP contribution in [-0.2, 0) is 0 Å². The van der Waals surface area contributed by atoms with Gasteiger partial charge in [0.25, 0.3) is 0 Å². The van der Waals surface area contributed by atoms with Gasteiger partial charge >= 0.3 is 6.55 Å². The lowest BCUT2D eigenvalue weighted by atomic mass is 10.1. The fraction of sp³-hybridized carbons (Fsp3) is 0.273. The molecule has 0 amide bonds. The molecular formula is C11H12F2N4. The van der Waals surface area contributed by atoms with E-state index in [0.29, 0.717) is 10.2 Å². The summed E-state index contributed by atoms with van der Waals surface area (Å²) in [5, 5.41) is 3.60. The number of hydrogen-bond acceptors (Lipinski definition) is 3. The molecule has 17 heavy (non-hydrogen) atoms. The number of halogens is 2. The second-order valence-electron chi connectivity index (χ2n) is 3.78. The van der Waals surface area contributed by atoms with Gasteiger partial charge in [0.15, 0.2) is 0 Å². The maximum absolute atomic E-state index is 12.4. The molecule has 90 valence electrons. The van der Waals surface area contributed by atoms with Crippen LogP contribution in [0.3, 0.4) is 0 Å². The molecule has 0 unspecified atom stereocenters. The van der Waals surface area contributed by atoms with E-state index >= 15 is 0 Å². The number of rotatable bonds is 3. The van der Waals surface area contributed by atoms with Crippen LogP contribution in [0.15, 0.2) is 30.7 Å². The summed E-state index contributed by atoms with van der Waals surface area (Å²) in [6.45, 7) is -2.61. The normalized spacial score (nSPS) is 10.9. The second kappa shape index (κ2) is 4.48. The molecule has 0 spiro atoms. The van der Waals surface area contributed by atoms with E-state index in [9.17, 15) is 8.78 Å². The number of alkyl halides is 2. The first-order chi connectivity index (χ1) is 8.08. The van der Waals surface area contributed by atoms with Crippen molar-refractivity contribution < 1.29 is 8.78 Å². The predicted octanol–water partition coefficient (Wildman–Crippen LogP) is 2.41. The molecular weight excluding hydrogens is 226 g/mol. The fourth-order valence-corrected chi connectivity index (χ4v) is 1.44. The lowest BCUT2D eigenvalue weighted by molar-refractivity contribution is 0.0566. The van der Waals surface area contributed by atoms with Crippen molar-refractivity contribution in [2.45, 2.75) is 6.55 Å². The summed E-state index contributed by atoms with van der Waals surface area (Å²) in [6, 6.07) is 3.59. The van der Waals surface area contributed by atoms with Gasteiger partial charge < -0.3 is 4.90 Å². The smallest absolute Gasteiger partial charge is 0.333 e. The summed E-state index contributed by atoms with van der Waals surface area (Å²) in [5.74, 6) is 0.771. The highest BCUT2D eigenvalue weighted by Crippen LogP contribution is 2.23. The number of anilines is 1. The Bertz CT molecular complexity index is 508. The molecule has 2 rings (SSSR count). The molecule has 0 aliphatic heterocycles. The van der Waals surface area contributed by atoms with E-state index < -0.39 is 6.55 Å². The Morgan fingerprint density at radius 2 is 2.06 bits per heavy atom. The van der Waals surface area contributed by atoms with E-state index in [1.54, 1.807) is 12.3 Å². The van der Waals surface area contributed by atoms with E-state index in [4.69, 9.17) is 0 Å². The number of aromatic nitrogens is 3. The molecule has 0 aromatic carbocycles. The van der Waals surface area contributed by atoms with Crippen molar-refractivity contribution in [3.8, 4) is 11.1 Å². The number of hydrogen-bond donors (Lipinski definition) is 0. The summed E-state index contributed by atoms with van der Waals surface area (Å²) >= 11 is 0. The van der Waals surface area contributed by atoms with E-state index in [1.165, 1.54) is 12.4 Å². The van der Waals surface area contributed by atoms with Crippen molar-refractivity contribution in [3.63, 3.8) is 0 Å². The molecule has 0 atom stereocenters. The van der Waals surface area contributed by atoms with Crippen LogP contribution in [0.2, 0.25) is 0 Å². The number of pyridine rings is 1. The van der Waals surface area contributed by atoms with Crippen molar-refractivity contribution in [2.75, 3.05) is 19.0 Å². The Hall–Kier alpha value is -1.98. The molecule has 0 aliphatic rings. The minimum absolute atomic E-state index is 0.630. The highest BCUT2D eigenvalue weighted by molar-refractivity contribution is 5.65. The van der Waals surface area contributed by atoms with Crippen LogP contribution >= 0.6 is 0 Å². The van der Waals surface area contributed by atoms with Crippen LogP contribution in [0.1, 0.15) is 6.55 Å². The molecule has 0 saturated heterocycles. The van der Waals surface area contributed by atoms with Gasteiger partial charge in [-0.25, -0.2) is 9.67 Å². The van der Waals surface area contributed by atoms with Crippen molar-refractivity contribution in [1.82, 2.24) is 14.8 Å². The number of nitrogens with zero attached hydrogens (tertiary/aromatic N) is 4. The largest absolute Gasteiger partial charge is 0.363 e. The minimum Gasteiger partial charge on any atom is -0.363 e.